The third-order valence-electron chi connectivity index (χ3n) is 5.99. The molecular formula is C31H37N3O7. The molecule has 0 unspecified atom stereocenters. The summed E-state index contributed by atoms with van der Waals surface area (Å²) in [6.07, 6.45) is 3.90. The first-order valence-electron chi connectivity index (χ1n) is 13.6. The third kappa shape index (κ3) is 10.2. The molecule has 0 atom stereocenters. The number of benzene rings is 2. The van der Waals surface area contributed by atoms with Crippen molar-refractivity contribution in [2.45, 2.75) is 52.2 Å². The van der Waals surface area contributed by atoms with Crippen molar-refractivity contribution in [2.75, 3.05) is 32.8 Å². The second-order valence-corrected chi connectivity index (χ2v) is 10.4. The molecule has 2 aromatic carbocycles. The number of hydrogen-bond donors (Lipinski definition) is 1. The maximum Gasteiger partial charge on any atom is 0.410 e. The lowest BCUT2D eigenvalue weighted by atomic mass is 10.1. The van der Waals surface area contributed by atoms with Crippen LogP contribution in [0.15, 0.2) is 48.5 Å². The normalized spacial score (nSPS) is 13.8. The number of carbonyl (C=O) groups excluding carboxylic acids is 3. The molecule has 3 rings (SSSR count). The topological polar surface area (TPSA) is 127 Å². The highest BCUT2D eigenvalue weighted by Crippen LogP contribution is 2.23. The van der Waals surface area contributed by atoms with E-state index in [1.807, 2.05) is 20.8 Å². The molecule has 1 aliphatic heterocycles. The van der Waals surface area contributed by atoms with E-state index in [2.05, 4.69) is 11.4 Å². The van der Waals surface area contributed by atoms with E-state index in [1.165, 1.54) is 6.08 Å². The fraction of sp³-hybridized carbons (Fsp3) is 0.419. The van der Waals surface area contributed by atoms with Gasteiger partial charge in [-0.2, -0.15) is 5.26 Å². The second-order valence-electron chi connectivity index (χ2n) is 10.4. The molecule has 41 heavy (non-hydrogen) atoms. The molecule has 1 fully saturated rings. The lowest BCUT2D eigenvalue weighted by Crippen LogP contribution is -2.44. The Morgan fingerprint density at radius 2 is 1.80 bits per heavy atom. The first-order chi connectivity index (χ1) is 19.6. The quantitative estimate of drug-likeness (QED) is 0.250. The number of nitriles is 1. The van der Waals surface area contributed by atoms with Gasteiger partial charge in [0, 0.05) is 43.1 Å². The van der Waals surface area contributed by atoms with Crippen LogP contribution in [0.5, 0.6) is 11.5 Å². The standard InChI is InChI=1S/C31H37N3O7/c1-5-38-28(35)13-10-23-7-6-22(21-32)20-27(23)39-19-16-33-29(36)24-8-11-25(12-9-24)40-26-14-17-34(18-15-26)30(37)41-31(2,3)4/h6-13,20,26H,5,14-19H2,1-4H3,(H,33,36). The molecule has 2 aromatic rings. The highest BCUT2D eigenvalue weighted by Gasteiger charge is 2.27. The van der Waals surface area contributed by atoms with Gasteiger partial charge in [-0.25, -0.2) is 9.59 Å². The van der Waals surface area contributed by atoms with E-state index in [1.54, 1.807) is 60.4 Å². The molecule has 0 spiro atoms. The van der Waals surface area contributed by atoms with Gasteiger partial charge in [-0.05, 0) is 76.2 Å². The van der Waals surface area contributed by atoms with Crippen molar-refractivity contribution in [3.8, 4) is 17.6 Å². The Bertz CT molecular complexity index is 1270. The van der Waals surface area contributed by atoms with Gasteiger partial charge in [-0.3, -0.25) is 4.79 Å². The predicted molar refractivity (Wildman–Crippen MR) is 153 cm³/mol. The summed E-state index contributed by atoms with van der Waals surface area (Å²) >= 11 is 0. The SMILES string of the molecule is CCOC(=O)C=Cc1ccc(C#N)cc1OCCNC(=O)c1ccc(OC2CCN(C(=O)OC(C)(C)C)CC2)cc1. The zero-order valence-electron chi connectivity index (χ0n) is 24.0. The minimum atomic E-state index is -0.525. The summed E-state index contributed by atoms with van der Waals surface area (Å²) < 4.78 is 22.2. The molecule has 1 N–H and O–H groups in total. The molecule has 2 amide bonds. The molecule has 10 nitrogen and oxygen atoms in total. The lowest BCUT2D eigenvalue weighted by molar-refractivity contribution is -0.137. The minimum absolute atomic E-state index is 0.0259. The van der Waals surface area contributed by atoms with Gasteiger partial charge in [0.05, 0.1) is 24.8 Å². The van der Waals surface area contributed by atoms with E-state index in [9.17, 15) is 19.6 Å². The first-order valence-corrected chi connectivity index (χ1v) is 13.6. The van der Waals surface area contributed by atoms with Crippen molar-refractivity contribution >= 4 is 24.0 Å². The van der Waals surface area contributed by atoms with Crippen LogP contribution in [-0.4, -0.2) is 67.4 Å². The number of hydrogen-bond acceptors (Lipinski definition) is 8. The van der Waals surface area contributed by atoms with E-state index in [0.717, 1.165) is 0 Å². The van der Waals surface area contributed by atoms with E-state index in [0.29, 0.717) is 54.1 Å². The fourth-order valence-corrected chi connectivity index (χ4v) is 4.00. The van der Waals surface area contributed by atoms with Gasteiger partial charge >= 0.3 is 12.1 Å². The third-order valence-corrected chi connectivity index (χ3v) is 5.99. The highest BCUT2D eigenvalue weighted by atomic mass is 16.6. The van der Waals surface area contributed by atoms with Gasteiger partial charge in [0.1, 0.15) is 29.8 Å². The second kappa shape index (κ2) is 14.7. The number of amides is 2. The lowest BCUT2D eigenvalue weighted by Gasteiger charge is -2.33. The monoisotopic (exact) mass is 563 g/mol. The largest absolute Gasteiger partial charge is 0.491 e. The molecule has 0 bridgehead atoms. The zero-order valence-corrected chi connectivity index (χ0v) is 24.0. The Balaban J connectivity index is 1.45. The number of nitrogens with one attached hydrogen (secondary N) is 1. The van der Waals surface area contributed by atoms with E-state index >= 15 is 0 Å². The van der Waals surface area contributed by atoms with Crippen LogP contribution in [0.4, 0.5) is 4.79 Å². The van der Waals surface area contributed by atoms with Crippen molar-refractivity contribution < 1.29 is 33.3 Å². The molecule has 1 aliphatic rings. The Morgan fingerprint density at radius 3 is 2.44 bits per heavy atom. The van der Waals surface area contributed by atoms with E-state index in [-0.39, 0.29) is 37.9 Å². The maximum atomic E-state index is 12.6. The number of carbonyl (C=O) groups is 3. The minimum Gasteiger partial charge on any atom is -0.491 e. The number of piperidine rings is 1. The smallest absolute Gasteiger partial charge is 0.410 e. The van der Waals surface area contributed by atoms with Crippen LogP contribution >= 0.6 is 0 Å². The number of ether oxygens (including phenoxy) is 4. The molecule has 0 saturated carbocycles. The Kier molecular flexibility index (Phi) is 11.2. The van der Waals surface area contributed by atoms with Gasteiger partial charge < -0.3 is 29.2 Å². The summed E-state index contributed by atoms with van der Waals surface area (Å²) in [5.41, 5.74) is 0.965. The van der Waals surface area contributed by atoms with Crippen molar-refractivity contribution in [3.05, 3.63) is 65.2 Å². The molecule has 0 radical (unpaired) electrons. The van der Waals surface area contributed by atoms with Crippen LogP contribution in [0.3, 0.4) is 0 Å². The molecule has 10 heteroatoms. The highest BCUT2D eigenvalue weighted by molar-refractivity contribution is 5.94. The first kappa shape index (κ1) is 31.0. The predicted octanol–water partition coefficient (Wildman–Crippen LogP) is 4.72. The van der Waals surface area contributed by atoms with Crippen LogP contribution in [0.2, 0.25) is 0 Å². The molecule has 1 heterocycles. The number of esters is 1. The van der Waals surface area contributed by atoms with Crippen LogP contribution in [-0.2, 0) is 14.3 Å². The molecule has 0 aliphatic carbocycles. The van der Waals surface area contributed by atoms with E-state index in [4.69, 9.17) is 18.9 Å². The number of nitrogens with zero attached hydrogens (tertiary/aromatic N) is 2. The Labute approximate surface area is 240 Å². The van der Waals surface area contributed by atoms with Crippen LogP contribution < -0.4 is 14.8 Å². The summed E-state index contributed by atoms with van der Waals surface area (Å²) in [5, 5.41) is 12.0. The fourth-order valence-electron chi connectivity index (χ4n) is 4.00. The van der Waals surface area contributed by atoms with Crippen LogP contribution in [0.1, 0.15) is 62.0 Å². The van der Waals surface area contributed by atoms with Crippen molar-refractivity contribution in [3.63, 3.8) is 0 Å². The molecular weight excluding hydrogens is 526 g/mol. The Morgan fingerprint density at radius 1 is 1.10 bits per heavy atom. The van der Waals surface area contributed by atoms with Gasteiger partial charge in [0.25, 0.3) is 5.91 Å². The average Bonchev–Trinajstić information content (AvgIpc) is 2.94. The molecule has 218 valence electrons. The van der Waals surface area contributed by atoms with Gasteiger partial charge in [-0.15, -0.1) is 0 Å². The summed E-state index contributed by atoms with van der Waals surface area (Å²) in [7, 11) is 0. The van der Waals surface area contributed by atoms with Crippen LogP contribution in [0.25, 0.3) is 6.08 Å². The summed E-state index contributed by atoms with van der Waals surface area (Å²) in [5.74, 6) is 0.327. The van der Waals surface area contributed by atoms with Crippen molar-refractivity contribution in [1.82, 2.24) is 10.2 Å². The molecule has 1 saturated heterocycles. The van der Waals surface area contributed by atoms with E-state index < -0.39 is 11.6 Å². The van der Waals surface area contributed by atoms with Crippen LogP contribution in [0, 0.1) is 11.3 Å². The van der Waals surface area contributed by atoms with Crippen molar-refractivity contribution in [2.24, 2.45) is 0 Å². The molecule has 0 aromatic heterocycles. The number of rotatable bonds is 10. The zero-order chi connectivity index (χ0) is 29.8. The maximum absolute atomic E-state index is 12.6. The summed E-state index contributed by atoms with van der Waals surface area (Å²) in [6.45, 7) is 9.04. The Hall–Kier alpha value is -4.52. The number of likely N-dealkylation sites (tertiary alicyclic amines) is 1. The summed E-state index contributed by atoms with van der Waals surface area (Å²) in [6, 6.07) is 13.8. The van der Waals surface area contributed by atoms with Gasteiger partial charge in [-0.1, -0.05) is 0 Å². The van der Waals surface area contributed by atoms with Gasteiger partial charge in [0.2, 0.25) is 0 Å². The van der Waals surface area contributed by atoms with Gasteiger partial charge in [0.15, 0.2) is 0 Å². The average molecular weight is 564 g/mol. The summed E-state index contributed by atoms with van der Waals surface area (Å²) in [4.78, 5) is 38.2. The van der Waals surface area contributed by atoms with Crippen molar-refractivity contribution in [1.29, 1.82) is 5.26 Å².